The SMILES string of the molecule is c1ccc(OCCSCc2nnc(-c3ccc(OCCCCN4CCCC4)cc3)o2)cc1. The van der Waals surface area contributed by atoms with Crippen LogP contribution in [0.4, 0.5) is 0 Å². The Morgan fingerprint density at radius 3 is 2.41 bits per heavy atom. The van der Waals surface area contributed by atoms with Gasteiger partial charge in [0.1, 0.15) is 11.5 Å². The minimum absolute atomic E-state index is 0.540. The summed E-state index contributed by atoms with van der Waals surface area (Å²) in [6.45, 7) is 5.13. The quantitative estimate of drug-likeness (QED) is 0.325. The fourth-order valence-corrected chi connectivity index (χ4v) is 4.29. The predicted molar refractivity (Wildman–Crippen MR) is 128 cm³/mol. The van der Waals surface area contributed by atoms with Gasteiger partial charge in [-0.25, -0.2) is 0 Å². The maximum atomic E-state index is 5.87. The number of likely N-dealkylation sites (tertiary alicyclic amines) is 1. The molecule has 0 bridgehead atoms. The van der Waals surface area contributed by atoms with E-state index in [2.05, 4.69) is 15.1 Å². The molecular weight excluding hydrogens is 422 g/mol. The molecule has 0 atom stereocenters. The molecule has 1 fully saturated rings. The fraction of sp³-hybridized carbons (Fsp3) is 0.440. The molecule has 2 aromatic carbocycles. The van der Waals surface area contributed by atoms with Crippen molar-refractivity contribution in [3.8, 4) is 23.0 Å². The van der Waals surface area contributed by atoms with Crippen molar-refractivity contribution in [1.82, 2.24) is 15.1 Å². The van der Waals surface area contributed by atoms with E-state index in [4.69, 9.17) is 13.9 Å². The van der Waals surface area contributed by atoms with E-state index in [-0.39, 0.29) is 0 Å². The molecule has 1 aliphatic heterocycles. The highest BCUT2D eigenvalue weighted by atomic mass is 32.2. The molecule has 0 saturated carbocycles. The Morgan fingerprint density at radius 1 is 0.844 bits per heavy atom. The lowest BCUT2D eigenvalue weighted by atomic mass is 10.2. The first kappa shape index (κ1) is 22.7. The van der Waals surface area contributed by atoms with Gasteiger partial charge in [-0.1, -0.05) is 18.2 Å². The third-order valence-electron chi connectivity index (χ3n) is 5.37. The Labute approximate surface area is 194 Å². The normalized spacial score (nSPS) is 14.0. The number of hydrogen-bond donors (Lipinski definition) is 0. The van der Waals surface area contributed by atoms with Crippen LogP contribution in [0.15, 0.2) is 59.0 Å². The number of unbranched alkanes of at least 4 members (excludes halogenated alkanes) is 1. The van der Waals surface area contributed by atoms with Gasteiger partial charge < -0.3 is 18.8 Å². The Hall–Kier alpha value is -2.51. The van der Waals surface area contributed by atoms with E-state index in [1.165, 1.54) is 38.9 Å². The van der Waals surface area contributed by atoms with Crippen LogP contribution in [0.25, 0.3) is 11.5 Å². The second-order valence-corrected chi connectivity index (χ2v) is 8.95. The zero-order valence-corrected chi connectivity index (χ0v) is 19.3. The molecule has 1 saturated heterocycles. The molecule has 170 valence electrons. The molecule has 1 aromatic heterocycles. The van der Waals surface area contributed by atoms with E-state index in [9.17, 15) is 0 Å². The van der Waals surface area contributed by atoms with Crippen molar-refractivity contribution in [2.75, 3.05) is 38.6 Å². The minimum Gasteiger partial charge on any atom is -0.494 e. The predicted octanol–water partition coefficient (Wildman–Crippen LogP) is 5.30. The highest BCUT2D eigenvalue weighted by Gasteiger charge is 2.11. The van der Waals surface area contributed by atoms with Gasteiger partial charge in [-0.15, -0.1) is 22.0 Å². The molecule has 7 heteroatoms. The van der Waals surface area contributed by atoms with Gasteiger partial charge in [-0.3, -0.25) is 0 Å². The molecule has 0 unspecified atom stereocenters. The number of rotatable bonds is 13. The van der Waals surface area contributed by atoms with E-state index >= 15 is 0 Å². The van der Waals surface area contributed by atoms with Gasteiger partial charge in [0, 0.05) is 11.3 Å². The van der Waals surface area contributed by atoms with Crippen LogP contribution in [0, 0.1) is 0 Å². The lowest BCUT2D eigenvalue weighted by Gasteiger charge is -2.14. The molecule has 1 aliphatic rings. The first-order valence-electron chi connectivity index (χ1n) is 11.4. The second kappa shape index (κ2) is 12.5. The smallest absolute Gasteiger partial charge is 0.247 e. The molecule has 0 radical (unpaired) electrons. The van der Waals surface area contributed by atoms with E-state index in [1.54, 1.807) is 11.8 Å². The third kappa shape index (κ3) is 7.28. The van der Waals surface area contributed by atoms with Crippen LogP contribution in [0.1, 0.15) is 31.6 Å². The molecule has 0 spiro atoms. The number of ether oxygens (including phenoxy) is 2. The van der Waals surface area contributed by atoms with E-state index in [0.717, 1.165) is 35.8 Å². The summed E-state index contributed by atoms with van der Waals surface area (Å²) < 4.78 is 17.4. The molecule has 4 rings (SSSR count). The van der Waals surface area contributed by atoms with Gasteiger partial charge in [0.2, 0.25) is 11.8 Å². The van der Waals surface area contributed by atoms with Crippen molar-refractivity contribution >= 4 is 11.8 Å². The summed E-state index contributed by atoms with van der Waals surface area (Å²) in [6.07, 6.45) is 4.98. The van der Waals surface area contributed by atoms with Crippen LogP contribution in [-0.2, 0) is 5.75 Å². The highest BCUT2D eigenvalue weighted by Crippen LogP contribution is 2.23. The monoisotopic (exact) mass is 453 g/mol. The van der Waals surface area contributed by atoms with Gasteiger partial charge in [0.05, 0.1) is 19.0 Å². The van der Waals surface area contributed by atoms with Gasteiger partial charge in [0.15, 0.2) is 0 Å². The van der Waals surface area contributed by atoms with Crippen molar-refractivity contribution in [1.29, 1.82) is 0 Å². The molecule has 0 N–H and O–H groups in total. The van der Waals surface area contributed by atoms with Crippen LogP contribution in [0.3, 0.4) is 0 Å². The van der Waals surface area contributed by atoms with E-state index in [0.29, 0.717) is 24.1 Å². The Kier molecular flexibility index (Phi) is 8.86. The lowest BCUT2D eigenvalue weighted by Crippen LogP contribution is -2.20. The number of benzene rings is 2. The van der Waals surface area contributed by atoms with Crippen molar-refractivity contribution < 1.29 is 13.9 Å². The van der Waals surface area contributed by atoms with Crippen molar-refractivity contribution in [3.05, 3.63) is 60.5 Å². The molecule has 0 aliphatic carbocycles. The van der Waals surface area contributed by atoms with Gasteiger partial charge in [0.25, 0.3) is 0 Å². The molecule has 0 amide bonds. The minimum atomic E-state index is 0.540. The van der Waals surface area contributed by atoms with Crippen molar-refractivity contribution in [2.45, 2.75) is 31.4 Å². The number of aromatic nitrogens is 2. The third-order valence-corrected chi connectivity index (χ3v) is 6.28. The summed E-state index contributed by atoms with van der Waals surface area (Å²) in [5, 5.41) is 8.34. The van der Waals surface area contributed by atoms with E-state index in [1.807, 2.05) is 54.6 Å². The second-order valence-electron chi connectivity index (χ2n) is 7.84. The Balaban J connectivity index is 1.13. The molecule has 6 nitrogen and oxygen atoms in total. The number of hydrogen-bond acceptors (Lipinski definition) is 7. The lowest BCUT2D eigenvalue weighted by molar-refractivity contribution is 0.280. The van der Waals surface area contributed by atoms with Crippen LogP contribution < -0.4 is 9.47 Å². The fourth-order valence-electron chi connectivity index (χ4n) is 3.65. The average molecular weight is 454 g/mol. The van der Waals surface area contributed by atoms with E-state index < -0.39 is 0 Å². The Bertz CT molecular complexity index is 912. The zero-order valence-electron chi connectivity index (χ0n) is 18.4. The number of para-hydroxylation sites is 1. The summed E-state index contributed by atoms with van der Waals surface area (Å²) in [6, 6.07) is 17.7. The Morgan fingerprint density at radius 2 is 1.59 bits per heavy atom. The average Bonchev–Trinajstić information content (AvgIpc) is 3.52. The zero-order chi connectivity index (χ0) is 21.8. The number of thioether (sulfide) groups is 1. The first-order valence-corrected chi connectivity index (χ1v) is 12.6. The topological polar surface area (TPSA) is 60.6 Å². The summed E-state index contributed by atoms with van der Waals surface area (Å²) in [4.78, 5) is 2.55. The van der Waals surface area contributed by atoms with Crippen LogP contribution >= 0.6 is 11.8 Å². The van der Waals surface area contributed by atoms with Gasteiger partial charge in [-0.05, 0) is 81.7 Å². The number of nitrogens with zero attached hydrogens (tertiary/aromatic N) is 3. The van der Waals surface area contributed by atoms with Gasteiger partial charge in [-0.2, -0.15) is 0 Å². The van der Waals surface area contributed by atoms with Crippen LogP contribution in [0.5, 0.6) is 11.5 Å². The first-order chi connectivity index (χ1) is 15.9. The summed E-state index contributed by atoms with van der Waals surface area (Å²) in [5.41, 5.74) is 0.905. The maximum Gasteiger partial charge on any atom is 0.247 e. The summed E-state index contributed by atoms with van der Waals surface area (Å²) >= 11 is 1.71. The standard InChI is InChI=1S/C25H31N3O3S/c1-2-8-22(9-3-1)30-18-19-32-20-24-26-27-25(31-24)21-10-12-23(13-11-21)29-17-7-6-16-28-14-4-5-15-28/h1-3,8-13H,4-7,14-20H2. The van der Waals surface area contributed by atoms with Crippen LogP contribution in [-0.4, -0.2) is 53.7 Å². The molecular formula is C25H31N3O3S. The maximum absolute atomic E-state index is 5.87. The molecule has 3 aromatic rings. The summed E-state index contributed by atoms with van der Waals surface area (Å²) in [5.74, 6) is 4.47. The highest BCUT2D eigenvalue weighted by molar-refractivity contribution is 7.98. The van der Waals surface area contributed by atoms with Crippen molar-refractivity contribution in [2.24, 2.45) is 0 Å². The molecule has 32 heavy (non-hydrogen) atoms. The molecule has 2 heterocycles. The largest absolute Gasteiger partial charge is 0.494 e. The van der Waals surface area contributed by atoms with Crippen LogP contribution in [0.2, 0.25) is 0 Å². The summed E-state index contributed by atoms with van der Waals surface area (Å²) in [7, 11) is 0. The van der Waals surface area contributed by atoms with Crippen molar-refractivity contribution in [3.63, 3.8) is 0 Å². The van der Waals surface area contributed by atoms with Gasteiger partial charge >= 0.3 is 0 Å².